The number of ether oxygens (including phenoxy) is 2. The lowest BCUT2D eigenvalue weighted by molar-refractivity contribution is -0.144. The number of nitrogens with zero attached hydrogens (tertiary/aromatic N) is 1. The largest absolute Gasteiger partial charge is 0.487 e. The lowest BCUT2D eigenvalue weighted by Crippen LogP contribution is -2.38. The first-order valence-electron chi connectivity index (χ1n) is 10.5. The summed E-state index contributed by atoms with van der Waals surface area (Å²) in [5.74, 6) is 0.0162. The van der Waals surface area contributed by atoms with E-state index in [-0.39, 0.29) is 29.6 Å². The van der Waals surface area contributed by atoms with Crippen LogP contribution in [-0.4, -0.2) is 45.1 Å². The second kappa shape index (κ2) is 9.91. The maximum atomic E-state index is 13.1. The zero-order valence-corrected chi connectivity index (χ0v) is 20.3. The van der Waals surface area contributed by atoms with Gasteiger partial charge in [-0.15, -0.1) is 0 Å². The fourth-order valence-corrected chi connectivity index (χ4v) is 5.27. The third-order valence-corrected chi connectivity index (χ3v) is 7.03. The van der Waals surface area contributed by atoms with Gasteiger partial charge in [0.2, 0.25) is 5.96 Å². The van der Waals surface area contributed by atoms with Gasteiger partial charge in [0.25, 0.3) is 10.0 Å². The van der Waals surface area contributed by atoms with Gasteiger partial charge in [-0.2, -0.15) is 0 Å². The third kappa shape index (κ3) is 5.80. The minimum absolute atomic E-state index is 0.101. The zero-order chi connectivity index (χ0) is 24.3. The smallest absolute Gasteiger partial charge is 0.323 e. The molecular formula is C22H34N4O5S. The van der Waals surface area contributed by atoms with Crippen LogP contribution in [0, 0.1) is 20.8 Å². The predicted octanol–water partition coefficient (Wildman–Crippen LogP) is 1.76. The Labute approximate surface area is 190 Å². The Morgan fingerprint density at radius 1 is 1.31 bits per heavy atom. The van der Waals surface area contributed by atoms with Crippen LogP contribution in [0.3, 0.4) is 0 Å². The Bertz CT molecular complexity index is 1030. The van der Waals surface area contributed by atoms with Crippen LogP contribution in [0.2, 0.25) is 0 Å². The lowest BCUT2D eigenvalue weighted by atomic mass is 9.94. The van der Waals surface area contributed by atoms with Crippen molar-refractivity contribution in [2.75, 3.05) is 13.2 Å². The van der Waals surface area contributed by atoms with Gasteiger partial charge in [0, 0.05) is 18.5 Å². The molecule has 1 aromatic carbocycles. The molecule has 0 amide bonds. The summed E-state index contributed by atoms with van der Waals surface area (Å²) in [4.78, 5) is 15.9. The summed E-state index contributed by atoms with van der Waals surface area (Å²) in [7, 11) is -3.95. The number of guanidine groups is 1. The molecular weight excluding hydrogens is 432 g/mol. The molecule has 0 bridgehead atoms. The average molecular weight is 467 g/mol. The number of fused-ring (bicyclic) bond motifs is 1. The standard InChI is InChI=1S/C22H34N4O5S/c1-7-11-30-20(27)17(23)9-8-10-25-21(24)26-32(28,29)19-14(3)13(2)18-16(15(19)4)12-22(5,6)31-18/h7,17H,1,8-12,23H2,2-6H3,(H3,24,25,26)/t17-/m1/s1. The molecule has 0 aromatic heterocycles. The van der Waals surface area contributed by atoms with E-state index in [4.69, 9.17) is 20.9 Å². The van der Waals surface area contributed by atoms with Crippen LogP contribution in [-0.2, 0) is 26.0 Å². The van der Waals surface area contributed by atoms with Crippen molar-refractivity contribution in [3.63, 3.8) is 0 Å². The Kier molecular flexibility index (Phi) is 7.95. The number of sulfonamides is 1. The van der Waals surface area contributed by atoms with Crippen molar-refractivity contribution in [3.8, 4) is 5.75 Å². The predicted molar refractivity (Wildman–Crippen MR) is 124 cm³/mol. The van der Waals surface area contributed by atoms with E-state index in [0.717, 1.165) is 16.9 Å². The van der Waals surface area contributed by atoms with Gasteiger partial charge in [-0.1, -0.05) is 12.7 Å². The molecule has 32 heavy (non-hydrogen) atoms. The second-order valence-corrected chi connectivity index (χ2v) is 10.2. The lowest BCUT2D eigenvalue weighted by Gasteiger charge is -2.19. The minimum atomic E-state index is -3.95. The highest BCUT2D eigenvalue weighted by Crippen LogP contribution is 2.43. The van der Waals surface area contributed by atoms with Crippen molar-refractivity contribution in [1.29, 1.82) is 0 Å². The van der Waals surface area contributed by atoms with E-state index in [1.54, 1.807) is 13.8 Å². The number of hydrogen-bond acceptors (Lipinski definition) is 7. The maximum absolute atomic E-state index is 13.1. The first-order chi connectivity index (χ1) is 14.8. The number of aliphatic imine (C=N–C) groups is 1. The molecule has 1 atom stereocenters. The monoisotopic (exact) mass is 466 g/mol. The van der Waals surface area contributed by atoms with Crippen molar-refractivity contribution in [2.45, 2.75) is 70.4 Å². The van der Waals surface area contributed by atoms with Crippen LogP contribution in [0.4, 0.5) is 0 Å². The molecule has 0 unspecified atom stereocenters. The molecule has 0 fully saturated rings. The van der Waals surface area contributed by atoms with Crippen LogP contribution in [0.5, 0.6) is 5.75 Å². The molecule has 5 N–H and O–H groups in total. The van der Waals surface area contributed by atoms with Gasteiger partial charge in [-0.25, -0.2) is 13.1 Å². The van der Waals surface area contributed by atoms with Crippen molar-refractivity contribution < 1.29 is 22.7 Å². The summed E-state index contributed by atoms with van der Waals surface area (Å²) in [5.41, 5.74) is 14.2. The van der Waals surface area contributed by atoms with E-state index in [9.17, 15) is 13.2 Å². The van der Waals surface area contributed by atoms with Crippen molar-refractivity contribution in [2.24, 2.45) is 16.5 Å². The summed E-state index contributed by atoms with van der Waals surface area (Å²) in [6.45, 7) is 13.1. The van der Waals surface area contributed by atoms with Gasteiger partial charge >= 0.3 is 5.97 Å². The van der Waals surface area contributed by atoms with E-state index in [2.05, 4.69) is 16.3 Å². The number of nitrogens with one attached hydrogen (secondary N) is 1. The number of rotatable bonds is 9. The number of esters is 1. The normalized spacial score (nSPS) is 16.1. The van der Waals surface area contributed by atoms with Crippen LogP contribution < -0.4 is 20.9 Å². The van der Waals surface area contributed by atoms with Gasteiger partial charge in [0.1, 0.15) is 24.0 Å². The SMILES string of the molecule is C=CCOC(=O)[C@H](N)CCCN=C(N)NS(=O)(=O)c1c(C)c(C)c2c(c1C)CC(C)(C)O2. The quantitative estimate of drug-likeness (QED) is 0.165. The van der Waals surface area contributed by atoms with Crippen LogP contribution >= 0.6 is 0 Å². The van der Waals surface area contributed by atoms with Gasteiger partial charge in [-0.05, 0) is 64.2 Å². The summed E-state index contributed by atoms with van der Waals surface area (Å²) >= 11 is 0. The highest BCUT2D eigenvalue weighted by molar-refractivity contribution is 7.90. The number of nitrogens with two attached hydrogens (primary N) is 2. The molecule has 2 rings (SSSR count). The van der Waals surface area contributed by atoms with E-state index in [1.165, 1.54) is 6.08 Å². The minimum Gasteiger partial charge on any atom is -0.487 e. The number of carbonyl (C=O) groups is 1. The Morgan fingerprint density at radius 2 is 1.97 bits per heavy atom. The van der Waals surface area contributed by atoms with Crippen molar-refractivity contribution >= 4 is 22.0 Å². The highest BCUT2D eigenvalue weighted by atomic mass is 32.2. The Hall–Kier alpha value is -2.59. The molecule has 0 aliphatic carbocycles. The summed E-state index contributed by atoms with van der Waals surface area (Å²) < 4.78 is 39.5. The molecule has 178 valence electrons. The van der Waals surface area contributed by atoms with Gasteiger partial charge in [0.05, 0.1) is 4.90 Å². The molecule has 0 radical (unpaired) electrons. The molecule has 1 aliphatic rings. The van der Waals surface area contributed by atoms with Gasteiger partial charge in [-0.3, -0.25) is 9.79 Å². The number of carbonyl (C=O) groups excluding carboxylic acids is 1. The fraction of sp³-hybridized carbons (Fsp3) is 0.545. The summed E-state index contributed by atoms with van der Waals surface area (Å²) in [5, 5.41) is 0. The average Bonchev–Trinajstić information content (AvgIpc) is 3.03. The first-order valence-corrected chi connectivity index (χ1v) is 12.0. The number of benzene rings is 1. The molecule has 1 aliphatic heterocycles. The summed E-state index contributed by atoms with van der Waals surface area (Å²) in [6.07, 6.45) is 2.85. The van der Waals surface area contributed by atoms with E-state index >= 15 is 0 Å². The fourth-order valence-electron chi connectivity index (χ4n) is 3.75. The van der Waals surface area contributed by atoms with Crippen LogP contribution in [0.1, 0.15) is 48.9 Å². The molecule has 0 saturated heterocycles. The Morgan fingerprint density at radius 3 is 2.59 bits per heavy atom. The van der Waals surface area contributed by atoms with Gasteiger partial charge in [0.15, 0.2) is 0 Å². The summed E-state index contributed by atoms with van der Waals surface area (Å²) in [6, 6.07) is -0.783. The molecule has 0 saturated carbocycles. The molecule has 1 aromatic rings. The van der Waals surface area contributed by atoms with Gasteiger partial charge < -0.3 is 20.9 Å². The van der Waals surface area contributed by atoms with Crippen LogP contribution in [0.15, 0.2) is 22.5 Å². The maximum Gasteiger partial charge on any atom is 0.323 e. The zero-order valence-electron chi connectivity index (χ0n) is 19.4. The van der Waals surface area contributed by atoms with E-state index in [0.29, 0.717) is 30.4 Å². The topological polar surface area (TPSA) is 146 Å². The highest BCUT2D eigenvalue weighted by Gasteiger charge is 2.36. The second-order valence-electron chi connectivity index (χ2n) is 8.59. The first kappa shape index (κ1) is 25.7. The third-order valence-electron chi connectivity index (χ3n) is 5.40. The molecule has 1 heterocycles. The van der Waals surface area contributed by atoms with Crippen molar-refractivity contribution in [1.82, 2.24) is 4.72 Å². The molecule has 9 nitrogen and oxygen atoms in total. The van der Waals surface area contributed by atoms with Crippen LogP contribution in [0.25, 0.3) is 0 Å². The Balaban J connectivity index is 2.10. The molecule has 10 heteroatoms. The number of hydrogen-bond donors (Lipinski definition) is 3. The van der Waals surface area contributed by atoms with E-state index < -0.39 is 22.0 Å². The van der Waals surface area contributed by atoms with E-state index in [1.807, 2.05) is 20.8 Å². The molecule has 0 spiro atoms. The van der Waals surface area contributed by atoms with Crippen molar-refractivity contribution in [3.05, 3.63) is 34.9 Å².